The molecule has 1 aromatic carbocycles. The van der Waals surface area contributed by atoms with Gasteiger partial charge >= 0.3 is 154 Å². The van der Waals surface area contributed by atoms with Crippen LogP contribution in [-0.4, -0.2) is 24.6 Å². The van der Waals surface area contributed by atoms with E-state index in [0.717, 1.165) is 60.9 Å². The zero-order valence-electron chi connectivity index (χ0n) is 12.8. The van der Waals surface area contributed by atoms with Gasteiger partial charge in [0.1, 0.15) is 0 Å². The summed E-state index contributed by atoms with van der Waals surface area (Å²) in [7, 11) is 0. The normalized spacial score (nSPS) is 32.7. The summed E-state index contributed by atoms with van der Waals surface area (Å²) in [6, 6.07) is 8.47. The third-order valence-electron chi connectivity index (χ3n) is 5.36. The molecule has 2 aliphatic heterocycles. The molecular weight excluding hydrogens is 396 g/mol. The Morgan fingerprint density at radius 3 is 1.05 bits per heavy atom. The molecule has 0 aliphatic carbocycles. The van der Waals surface area contributed by atoms with Gasteiger partial charge in [-0.05, 0) is 0 Å². The van der Waals surface area contributed by atoms with Gasteiger partial charge in [-0.3, -0.25) is 0 Å². The van der Waals surface area contributed by atoms with Gasteiger partial charge in [-0.2, -0.15) is 0 Å². The van der Waals surface area contributed by atoms with E-state index in [4.69, 9.17) is 45.0 Å². The molecule has 0 N–H and O–H groups in total. The van der Waals surface area contributed by atoms with E-state index in [1.54, 1.807) is 0 Å². The summed E-state index contributed by atoms with van der Waals surface area (Å²) >= 11 is 28.0. The average molecular weight is 420 g/mol. The maximum atomic E-state index is 7.00. The van der Waals surface area contributed by atoms with Crippen LogP contribution in [0.5, 0.6) is 0 Å². The molecule has 126 valence electrons. The first-order chi connectivity index (χ1) is 10.2. The molecule has 0 unspecified atom stereocenters. The quantitative estimate of drug-likeness (QED) is 0.451. The van der Waals surface area contributed by atoms with Crippen LogP contribution in [-0.2, 0) is 0 Å². The first-order valence-electron chi connectivity index (χ1n) is 8.21. The van der Waals surface area contributed by atoms with Gasteiger partial charge in [-0.15, -0.1) is 0 Å². The average Bonchev–Trinajstić information content (AvgIpc) is 2.48. The van der Waals surface area contributed by atoms with Crippen molar-refractivity contribution in [3.05, 3.63) is 24.3 Å². The zero-order chi connectivity index (χ0) is 15.9. The van der Waals surface area contributed by atoms with Crippen molar-refractivity contribution in [2.45, 2.75) is 38.5 Å². The summed E-state index contributed by atoms with van der Waals surface area (Å²) in [6.07, 6.45) is 10.8. The monoisotopic (exact) mass is 418 g/mol. The second kappa shape index (κ2) is 5.90. The molecule has 0 aromatic heterocycles. The van der Waals surface area contributed by atoms with Crippen LogP contribution in [0.3, 0.4) is 0 Å². The van der Waals surface area contributed by atoms with Gasteiger partial charge in [-0.25, -0.2) is 0 Å². The van der Waals surface area contributed by atoms with E-state index in [1.165, 1.54) is 12.8 Å². The SMILES string of the molecule is ClP1(Cl)(c2ccc(P3(Cl)(Cl)CCCCC3)cc2)CCCCC1. The Balaban J connectivity index is 1.93. The Labute approximate surface area is 153 Å². The molecule has 0 radical (unpaired) electrons. The molecule has 0 nitrogen and oxygen atoms in total. The summed E-state index contributed by atoms with van der Waals surface area (Å²) in [4.78, 5) is 0. The fraction of sp³-hybridized carbons (Fsp3) is 0.625. The van der Waals surface area contributed by atoms with Crippen LogP contribution in [0.15, 0.2) is 24.3 Å². The number of rotatable bonds is 2. The molecule has 0 atom stereocenters. The van der Waals surface area contributed by atoms with Crippen molar-refractivity contribution in [1.82, 2.24) is 0 Å². The van der Waals surface area contributed by atoms with Crippen molar-refractivity contribution in [2.24, 2.45) is 0 Å². The standard InChI is InChI=1S/C16H24Cl4P2/c17-21(18,11-3-1-4-12-21)15-7-9-16(10-8-15)22(19,20)13-5-2-6-14-22/h7-10H,1-6,11-14H2. The molecular formula is C16H24Cl4P2. The molecule has 6 heteroatoms. The first kappa shape index (κ1) is 18.0. The molecule has 0 spiro atoms. The second-order valence-corrected chi connectivity index (χ2v) is 25.7. The molecule has 0 bridgehead atoms. The third-order valence-corrected chi connectivity index (χ3v) is 19.4. The van der Waals surface area contributed by atoms with Crippen molar-refractivity contribution >= 4 is 66.2 Å². The van der Waals surface area contributed by atoms with Crippen molar-refractivity contribution < 1.29 is 0 Å². The Morgan fingerprint density at radius 2 is 0.773 bits per heavy atom. The van der Waals surface area contributed by atoms with Crippen LogP contribution in [0.2, 0.25) is 0 Å². The van der Waals surface area contributed by atoms with Crippen LogP contribution >= 0.6 is 55.6 Å². The minimum atomic E-state index is -2.74. The van der Waals surface area contributed by atoms with E-state index in [2.05, 4.69) is 24.3 Å². The van der Waals surface area contributed by atoms with Gasteiger partial charge in [0.25, 0.3) is 0 Å². The van der Waals surface area contributed by atoms with Crippen molar-refractivity contribution in [3.8, 4) is 0 Å². The molecule has 2 saturated heterocycles. The van der Waals surface area contributed by atoms with Crippen LogP contribution in [0.1, 0.15) is 38.5 Å². The van der Waals surface area contributed by atoms with E-state index >= 15 is 0 Å². The molecule has 0 saturated carbocycles. The van der Waals surface area contributed by atoms with Crippen molar-refractivity contribution in [3.63, 3.8) is 0 Å². The van der Waals surface area contributed by atoms with Crippen LogP contribution < -0.4 is 10.6 Å². The second-order valence-electron chi connectivity index (χ2n) is 7.03. The van der Waals surface area contributed by atoms with Gasteiger partial charge in [0, 0.05) is 0 Å². The minimum absolute atomic E-state index is 0.944. The topological polar surface area (TPSA) is 0 Å². The fourth-order valence-electron chi connectivity index (χ4n) is 3.88. The maximum absolute atomic E-state index is 7.00. The van der Waals surface area contributed by atoms with Gasteiger partial charge in [0.05, 0.1) is 0 Å². The number of hydrogen-bond acceptors (Lipinski definition) is 0. The molecule has 1 aromatic rings. The predicted molar refractivity (Wildman–Crippen MR) is 110 cm³/mol. The van der Waals surface area contributed by atoms with E-state index in [0.29, 0.717) is 0 Å². The summed E-state index contributed by atoms with van der Waals surface area (Å²) in [6.45, 7) is 0. The molecule has 22 heavy (non-hydrogen) atoms. The first-order valence-corrected chi connectivity index (χ1v) is 17.0. The van der Waals surface area contributed by atoms with Gasteiger partial charge < -0.3 is 0 Å². The van der Waals surface area contributed by atoms with Crippen LogP contribution in [0.25, 0.3) is 0 Å². The molecule has 0 amide bonds. The predicted octanol–water partition coefficient (Wildman–Crippen LogP) is 7.03. The summed E-state index contributed by atoms with van der Waals surface area (Å²) in [5, 5.41) is -3.23. The Kier molecular flexibility index (Phi) is 4.84. The molecule has 2 aliphatic rings. The Bertz CT molecular complexity index is 497. The van der Waals surface area contributed by atoms with Crippen molar-refractivity contribution in [2.75, 3.05) is 24.6 Å². The van der Waals surface area contributed by atoms with E-state index < -0.39 is 10.6 Å². The number of halogens is 4. The Morgan fingerprint density at radius 1 is 0.500 bits per heavy atom. The number of hydrogen-bond donors (Lipinski definition) is 0. The van der Waals surface area contributed by atoms with E-state index in [1.807, 2.05) is 0 Å². The summed E-state index contributed by atoms with van der Waals surface area (Å²) in [5.74, 6) is 0. The molecule has 2 heterocycles. The number of benzene rings is 1. The summed E-state index contributed by atoms with van der Waals surface area (Å²) in [5.41, 5.74) is 0. The third kappa shape index (κ3) is 3.31. The van der Waals surface area contributed by atoms with E-state index in [-0.39, 0.29) is 0 Å². The molecule has 2 fully saturated rings. The van der Waals surface area contributed by atoms with E-state index in [9.17, 15) is 0 Å². The summed E-state index contributed by atoms with van der Waals surface area (Å²) < 4.78 is 0. The van der Waals surface area contributed by atoms with Gasteiger partial charge in [0.15, 0.2) is 0 Å². The Hall–Kier alpha value is 1.24. The van der Waals surface area contributed by atoms with Crippen LogP contribution in [0, 0.1) is 0 Å². The zero-order valence-corrected chi connectivity index (χ0v) is 17.6. The molecule has 3 rings (SSSR count). The van der Waals surface area contributed by atoms with Gasteiger partial charge in [-0.1, -0.05) is 0 Å². The van der Waals surface area contributed by atoms with Crippen molar-refractivity contribution in [1.29, 1.82) is 0 Å². The van der Waals surface area contributed by atoms with Gasteiger partial charge in [0.2, 0.25) is 0 Å². The van der Waals surface area contributed by atoms with Crippen LogP contribution in [0.4, 0.5) is 0 Å². The fourth-order valence-corrected chi connectivity index (χ4v) is 14.6.